The first-order chi connectivity index (χ1) is 8.25. The van der Waals surface area contributed by atoms with Crippen molar-refractivity contribution >= 4 is 11.6 Å². The molecule has 0 spiro atoms. The summed E-state index contributed by atoms with van der Waals surface area (Å²) in [5, 5.41) is 3.52. The van der Waals surface area contributed by atoms with Gasteiger partial charge in [0, 0.05) is 13.1 Å². The highest BCUT2D eigenvalue weighted by molar-refractivity contribution is 5.96. The summed E-state index contributed by atoms with van der Waals surface area (Å²) < 4.78 is 4.87. The molecule has 0 bridgehead atoms. The molecule has 3 rings (SSSR count). The van der Waals surface area contributed by atoms with Crippen molar-refractivity contribution in [3.63, 3.8) is 0 Å². The number of nitrogens with two attached hydrogens (primary N) is 1. The first kappa shape index (κ1) is 9.89. The second kappa shape index (κ2) is 3.62. The molecule has 0 atom stereocenters. The molecule has 0 radical (unpaired) electrons. The third-order valence-corrected chi connectivity index (χ3v) is 2.92. The molecular formula is C12H11N3O2. The number of anilines is 1. The summed E-state index contributed by atoms with van der Waals surface area (Å²) in [6.07, 6.45) is 1.34. The Morgan fingerprint density at radius 1 is 1.29 bits per heavy atom. The number of fused-ring (bicyclic) bond motifs is 1. The lowest BCUT2D eigenvalue weighted by Crippen LogP contribution is -2.25. The Labute approximate surface area is 97.8 Å². The fourth-order valence-electron chi connectivity index (χ4n) is 2.03. The average Bonchev–Trinajstić information content (AvgIpc) is 2.93. The van der Waals surface area contributed by atoms with E-state index in [0.29, 0.717) is 13.1 Å². The van der Waals surface area contributed by atoms with Crippen LogP contribution in [0.1, 0.15) is 21.7 Å². The van der Waals surface area contributed by atoms with Crippen LogP contribution in [0.5, 0.6) is 0 Å². The number of hydrogen-bond acceptors (Lipinski definition) is 4. The predicted molar refractivity (Wildman–Crippen MR) is 60.9 cm³/mol. The van der Waals surface area contributed by atoms with Crippen LogP contribution in [0.4, 0.5) is 5.69 Å². The minimum atomic E-state index is -0.212. The summed E-state index contributed by atoms with van der Waals surface area (Å²) in [6, 6.07) is 7.98. The van der Waals surface area contributed by atoms with Crippen molar-refractivity contribution in [1.29, 1.82) is 0 Å². The molecule has 0 unspecified atom stereocenters. The van der Waals surface area contributed by atoms with Crippen molar-refractivity contribution in [2.45, 2.75) is 13.1 Å². The lowest BCUT2D eigenvalue weighted by atomic mass is 10.1. The fourth-order valence-corrected chi connectivity index (χ4v) is 2.03. The second-order valence-electron chi connectivity index (χ2n) is 4.04. The Morgan fingerprint density at radius 2 is 1.94 bits per heavy atom. The van der Waals surface area contributed by atoms with Crippen LogP contribution < -0.4 is 5.73 Å². The number of amides is 1. The van der Waals surface area contributed by atoms with Gasteiger partial charge in [0.15, 0.2) is 0 Å². The number of hydrogen-bond donors (Lipinski definition) is 1. The molecule has 1 aromatic heterocycles. The van der Waals surface area contributed by atoms with E-state index in [1.807, 2.05) is 24.3 Å². The molecule has 2 N–H and O–H groups in total. The zero-order valence-corrected chi connectivity index (χ0v) is 9.09. The van der Waals surface area contributed by atoms with Crippen molar-refractivity contribution in [3.05, 3.63) is 47.3 Å². The van der Waals surface area contributed by atoms with Gasteiger partial charge in [-0.25, -0.2) is 0 Å². The maximum absolute atomic E-state index is 12.1. The van der Waals surface area contributed by atoms with Gasteiger partial charge in [0.25, 0.3) is 5.91 Å². The predicted octanol–water partition coefficient (Wildman–Crippen LogP) is 1.41. The molecule has 0 saturated heterocycles. The number of nitrogens with zero attached hydrogens (tertiary/aromatic N) is 2. The summed E-state index contributed by atoms with van der Waals surface area (Å²) in [6.45, 7) is 1.18. The number of aromatic nitrogens is 1. The summed E-state index contributed by atoms with van der Waals surface area (Å²) in [5.74, 6) is -0.0889. The second-order valence-corrected chi connectivity index (χ2v) is 4.04. The van der Waals surface area contributed by atoms with Gasteiger partial charge in [-0.05, 0) is 11.1 Å². The highest BCUT2D eigenvalue weighted by Gasteiger charge is 2.27. The van der Waals surface area contributed by atoms with Gasteiger partial charge in [0.2, 0.25) is 5.76 Å². The van der Waals surface area contributed by atoms with Crippen LogP contribution in [0, 0.1) is 0 Å². The largest absolute Gasteiger partial charge is 0.394 e. The first-order valence-electron chi connectivity index (χ1n) is 5.32. The van der Waals surface area contributed by atoms with Gasteiger partial charge in [-0.2, -0.15) is 0 Å². The van der Waals surface area contributed by atoms with Crippen molar-refractivity contribution in [2.24, 2.45) is 0 Å². The molecule has 5 heteroatoms. The van der Waals surface area contributed by atoms with E-state index in [2.05, 4.69) is 5.16 Å². The lowest BCUT2D eigenvalue weighted by molar-refractivity contribution is 0.0710. The number of benzene rings is 1. The standard InChI is InChI=1S/C12H11N3O2/c13-10-5-14-17-11(10)12(16)15-6-8-3-1-2-4-9(8)7-15/h1-5H,6-7,13H2. The van der Waals surface area contributed by atoms with Crippen LogP contribution >= 0.6 is 0 Å². The Kier molecular flexibility index (Phi) is 2.11. The third kappa shape index (κ3) is 1.56. The van der Waals surface area contributed by atoms with Crippen LogP contribution in [0.3, 0.4) is 0 Å². The molecule has 17 heavy (non-hydrogen) atoms. The SMILES string of the molecule is Nc1cnoc1C(=O)N1Cc2ccccc2C1. The smallest absolute Gasteiger partial charge is 0.295 e. The van der Waals surface area contributed by atoms with Gasteiger partial charge < -0.3 is 15.2 Å². The Bertz CT molecular complexity index is 552. The van der Waals surface area contributed by atoms with Crippen molar-refractivity contribution in [2.75, 3.05) is 5.73 Å². The average molecular weight is 229 g/mol. The quantitative estimate of drug-likeness (QED) is 0.802. The van der Waals surface area contributed by atoms with Crippen molar-refractivity contribution in [1.82, 2.24) is 10.1 Å². The molecule has 1 aliphatic rings. The maximum Gasteiger partial charge on any atom is 0.295 e. The van der Waals surface area contributed by atoms with E-state index in [-0.39, 0.29) is 17.4 Å². The van der Waals surface area contributed by atoms with E-state index >= 15 is 0 Å². The zero-order valence-electron chi connectivity index (χ0n) is 9.09. The van der Waals surface area contributed by atoms with E-state index in [4.69, 9.17) is 10.3 Å². The fraction of sp³-hybridized carbons (Fsp3) is 0.167. The normalized spacial score (nSPS) is 13.8. The number of nitrogen functional groups attached to an aromatic ring is 1. The Balaban J connectivity index is 1.86. The number of carbonyl (C=O) groups excluding carboxylic acids is 1. The minimum absolute atomic E-state index is 0.123. The minimum Gasteiger partial charge on any atom is -0.394 e. The molecule has 1 amide bonds. The first-order valence-corrected chi connectivity index (χ1v) is 5.32. The van der Waals surface area contributed by atoms with Gasteiger partial charge in [-0.1, -0.05) is 29.4 Å². The highest BCUT2D eigenvalue weighted by atomic mass is 16.5. The molecule has 2 aromatic rings. The van der Waals surface area contributed by atoms with E-state index in [1.165, 1.54) is 17.3 Å². The molecule has 2 heterocycles. The van der Waals surface area contributed by atoms with Crippen molar-refractivity contribution in [3.8, 4) is 0 Å². The van der Waals surface area contributed by atoms with Gasteiger partial charge in [0.1, 0.15) is 5.69 Å². The molecule has 1 aromatic carbocycles. The molecule has 0 fully saturated rings. The summed E-state index contributed by atoms with van der Waals surface area (Å²) in [4.78, 5) is 13.8. The molecule has 5 nitrogen and oxygen atoms in total. The summed E-state index contributed by atoms with van der Waals surface area (Å²) in [7, 11) is 0. The van der Waals surface area contributed by atoms with E-state index < -0.39 is 0 Å². The van der Waals surface area contributed by atoms with E-state index in [9.17, 15) is 4.79 Å². The topological polar surface area (TPSA) is 72.4 Å². The Morgan fingerprint density at radius 3 is 2.47 bits per heavy atom. The van der Waals surface area contributed by atoms with Crippen LogP contribution in [0.25, 0.3) is 0 Å². The molecular weight excluding hydrogens is 218 g/mol. The van der Waals surface area contributed by atoms with Crippen LogP contribution in [-0.4, -0.2) is 16.0 Å². The molecule has 0 aliphatic carbocycles. The van der Waals surface area contributed by atoms with E-state index in [0.717, 1.165) is 0 Å². The molecule has 0 saturated carbocycles. The third-order valence-electron chi connectivity index (χ3n) is 2.92. The Hall–Kier alpha value is -2.30. The van der Waals surface area contributed by atoms with Gasteiger partial charge >= 0.3 is 0 Å². The lowest BCUT2D eigenvalue weighted by Gasteiger charge is -2.13. The monoisotopic (exact) mass is 229 g/mol. The van der Waals surface area contributed by atoms with E-state index in [1.54, 1.807) is 4.90 Å². The number of rotatable bonds is 1. The summed E-state index contributed by atoms with van der Waals surface area (Å²) in [5.41, 5.74) is 8.23. The zero-order chi connectivity index (χ0) is 11.8. The van der Waals surface area contributed by atoms with Crippen LogP contribution in [0.2, 0.25) is 0 Å². The molecule has 1 aliphatic heterocycles. The van der Waals surface area contributed by atoms with Gasteiger partial charge in [-0.3, -0.25) is 4.79 Å². The van der Waals surface area contributed by atoms with Gasteiger partial charge in [0.05, 0.1) is 6.20 Å². The van der Waals surface area contributed by atoms with Crippen LogP contribution in [-0.2, 0) is 13.1 Å². The van der Waals surface area contributed by atoms with Gasteiger partial charge in [-0.15, -0.1) is 0 Å². The highest BCUT2D eigenvalue weighted by Crippen LogP contribution is 2.25. The maximum atomic E-state index is 12.1. The van der Waals surface area contributed by atoms with Crippen LogP contribution in [0.15, 0.2) is 35.0 Å². The van der Waals surface area contributed by atoms with Crippen molar-refractivity contribution < 1.29 is 9.32 Å². The number of carbonyl (C=O) groups is 1. The summed E-state index contributed by atoms with van der Waals surface area (Å²) >= 11 is 0. The molecule has 86 valence electrons.